The van der Waals surface area contributed by atoms with Crippen LogP contribution in [0.25, 0.3) is 0 Å². The zero-order valence-electron chi connectivity index (χ0n) is 25.4. The molecular formula is C30H59NO11. The van der Waals surface area contributed by atoms with E-state index in [1.807, 2.05) is 0 Å². The van der Waals surface area contributed by atoms with Crippen molar-refractivity contribution in [1.29, 1.82) is 0 Å². The Balaban J connectivity index is 2.10. The molecule has 0 aliphatic carbocycles. The number of ether oxygens (including phenoxy) is 2. The smallest absolute Gasteiger partial charge is 0.251 e. The maximum atomic E-state index is 12.2. The Hall–Kier alpha value is -0.930. The predicted octanol–water partition coefficient (Wildman–Crippen LogP) is 0.624. The first-order chi connectivity index (χ1) is 20.1. The van der Waals surface area contributed by atoms with Gasteiger partial charge in [0, 0.05) is 6.54 Å². The van der Waals surface area contributed by atoms with Gasteiger partial charge in [-0.3, -0.25) is 4.79 Å². The van der Waals surface area contributed by atoms with E-state index >= 15 is 0 Å². The minimum Gasteiger partial charge on any atom is -0.394 e. The molecule has 12 nitrogen and oxygen atoms in total. The summed E-state index contributed by atoms with van der Waals surface area (Å²) in [5, 5.41) is 81.8. The highest BCUT2D eigenvalue weighted by Crippen LogP contribution is 2.22. The Morgan fingerprint density at radius 1 is 0.714 bits per heavy atom. The van der Waals surface area contributed by atoms with E-state index < -0.39 is 74.2 Å². The average molecular weight is 610 g/mol. The third-order valence-electron chi connectivity index (χ3n) is 7.95. The van der Waals surface area contributed by atoms with Gasteiger partial charge in [0.1, 0.15) is 42.7 Å². The molecule has 0 aromatic heterocycles. The monoisotopic (exact) mass is 609 g/mol. The number of aliphatic hydroxyl groups excluding tert-OH is 8. The molecule has 1 aliphatic rings. The third-order valence-corrected chi connectivity index (χ3v) is 7.95. The van der Waals surface area contributed by atoms with E-state index in [0.29, 0.717) is 13.0 Å². The van der Waals surface area contributed by atoms with Crippen LogP contribution < -0.4 is 5.32 Å². The predicted molar refractivity (Wildman–Crippen MR) is 156 cm³/mol. The lowest BCUT2D eigenvalue weighted by molar-refractivity contribution is -0.306. The van der Waals surface area contributed by atoms with Crippen LogP contribution in [0.5, 0.6) is 0 Å². The minimum atomic E-state index is -2.02. The molecule has 1 saturated heterocycles. The summed E-state index contributed by atoms with van der Waals surface area (Å²) in [6, 6.07) is 0. The van der Waals surface area contributed by atoms with Crippen molar-refractivity contribution < 1.29 is 55.1 Å². The van der Waals surface area contributed by atoms with Crippen LogP contribution in [0.3, 0.4) is 0 Å². The van der Waals surface area contributed by atoms with Crippen LogP contribution in [0.4, 0.5) is 0 Å². The molecule has 3 unspecified atom stereocenters. The van der Waals surface area contributed by atoms with E-state index in [1.54, 1.807) is 0 Å². The minimum absolute atomic E-state index is 0.305. The van der Waals surface area contributed by atoms with Crippen molar-refractivity contribution in [2.45, 2.75) is 165 Å². The lowest BCUT2D eigenvalue weighted by Crippen LogP contribution is -2.59. The number of amides is 1. The van der Waals surface area contributed by atoms with E-state index in [2.05, 4.69) is 12.2 Å². The van der Waals surface area contributed by atoms with Crippen molar-refractivity contribution in [1.82, 2.24) is 5.32 Å². The first kappa shape index (κ1) is 39.1. The van der Waals surface area contributed by atoms with Gasteiger partial charge < -0.3 is 55.6 Å². The molecule has 0 spiro atoms. The summed E-state index contributed by atoms with van der Waals surface area (Å²) in [5.74, 6) is -0.885. The number of carbonyl (C=O) groups excluding carboxylic acids is 1. The van der Waals surface area contributed by atoms with Crippen LogP contribution in [0.1, 0.15) is 110 Å². The lowest BCUT2D eigenvalue weighted by atomic mass is 9.99. The Bertz CT molecular complexity index is 671. The van der Waals surface area contributed by atoms with Crippen molar-refractivity contribution in [3.05, 3.63) is 0 Å². The first-order valence-electron chi connectivity index (χ1n) is 16.1. The van der Waals surface area contributed by atoms with Gasteiger partial charge in [-0.1, -0.05) is 103 Å². The quantitative estimate of drug-likeness (QED) is 0.0655. The van der Waals surface area contributed by atoms with E-state index in [-0.39, 0.29) is 0 Å². The van der Waals surface area contributed by atoms with Gasteiger partial charge in [-0.15, -0.1) is 0 Å². The van der Waals surface area contributed by atoms with Crippen LogP contribution in [-0.4, -0.2) is 122 Å². The number of hydrogen-bond acceptors (Lipinski definition) is 11. The van der Waals surface area contributed by atoms with Gasteiger partial charge in [-0.05, 0) is 6.42 Å². The molecule has 1 heterocycles. The third kappa shape index (κ3) is 15.2. The summed E-state index contributed by atoms with van der Waals surface area (Å²) in [6.45, 7) is 1.16. The average Bonchev–Trinajstić information content (AvgIpc) is 2.99. The summed E-state index contributed by atoms with van der Waals surface area (Å²) in [5.41, 5.74) is 0. The SMILES string of the molecule is CCCCCCCCCCCCCCCCCCNC(=O)[C@H](O)[C@@H](O)[C@H](O)[C@H](O)CO[C@H]1OC(CO)[C@H](O)C(O)C1O. The zero-order chi connectivity index (χ0) is 31.3. The number of unbranched alkanes of at least 4 members (excludes halogenated alkanes) is 15. The summed E-state index contributed by atoms with van der Waals surface area (Å²) in [4.78, 5) is 12.2. The molecule has 0 radical (unpaired) electrons. The molecule has 0 bridgehead atoms. The lowest BCUT2D eigenvalue weighted by Gasteiger charge is -2.40. The highest BCUT2D eigenvalue weighted by atomic mass is 16.7. The van der Waals surface area contributed by atoms with Gasteiger partial charge in [0.2, 0.25) is 0 Å². The second-order valence-electron chi connectivity index (χ2n) is 11.6. The normalized spacial score (nSPS) is 25.6. The molecule has 42 heavy (non-hydrogen) atoms. The van der Waals surface area contributed by atoms with Gasteiger partial charge in [-0.25, -0.2) is 0 Å². The van der Waals surface area contributed by atoms with Crippen LogP contribution in [0.2, 0.25) is 0 Å². The first-order valence-corrected chi connectivity index (χ1v) is 16.1. The molecule has 1 rings (SSSR count). The molecule has 1 amide bonds. The van der Waals surface area contributed by atoms with Crippen molar-refractivity contribution in [3.63, 3.8) is 0 Å². The Morgan fingerprint density at radius 3 is 1.67 bits per heavy atom. The number of carbonyl (C=O) groups is 1. The molecule has 250 valence electrons. The molecule has 12 heteroatoms. The second-order valence-corrected chi connectivity index (χ2v) is 11.6. The molecule has 0 aromatic carbocycles. The summed E-state index contributed by atoms with van der Waals surface area (Å²) in [6.07, 6.45) is 4.16. The van der Waals surface area contributed by atoms with E-state index in [1.165, 1.54) is 77.0 Å². The number of rotatable bonds is 25. The van der Waals surface area contributed by atoms with Crippen molar-refractivity contribution in [2.24, 2.45) is 0 Å². The molecule has 9 N–H and O–H groups in total. The molecule has 0 aromatic rings. The topological polar surface area (TPSA) is 209 Å². The molecule has 9 atom stereocenters. The van der Waals surface area contributed by atoms with Crippen LogP contribution in [0.15, 0.2) is 0 Å². The van der Waals surface area contributed by atoms with Crippen LogP contribution >= 0.6 is 0 Å². The van der Waals surface area contributed by atoms with Crippen molar-refractivity contribution >= 4 is 5.91 Å². The van der Waals surface area contributed by atoms with E-state index in [4.69, 9.17) is 9.47 Å². The second kappa shape index (κ2) is 23.5. The fourth-order valence-corrected chi connectivity index (χ4v) is 5.06. The Morgan fingerprint density at radius 2 is 1.19 bits per heavy atom. The molecule has 1 aliphatic heterocycles. The number of aliphatic hydroxyl groups is 8. The largest absolute Gasteiger partial charge is 0.394 e. The highest BCUT2D eigenvalue weighted by Gasteiger charge is 2.44. The highest BCUT2D eigenvalue weighted by molar-refractivity contribution is 5.81. The maximum absolute atomic E-state index is 12.2. The van der Waals surface area contributed by atoms with Crippen molar-refractivity contribution in [2.75, 3.05) is 19.8 Å². The van der Waals surface area contributed by atoms with E-state index in [0.717, 1.165) is 19.3 Å². The Labute approximate surface area is 251 Å². The summed E-state index contributed by atoms with van der Waals surface area (Å²) < 4.78 is 10.3. The fourth-order valence-electron chi connectivity index (χ4n) is 5.06. The van der Waals surface area contributed by atoms with Gasteiger partial charge in [0.25, 0.3) is 5.91 Å². The van der Waals surface area contributed by atoms with Crippen LogP contribution in [-0.2, 0) is 14.3 Å². The van der Waals surface area contributed by atoms with E-state index in [9.17, 15) is 45.6 Å². The van der Waals surface area contributed by atoms with Crippen molar-refractivity contribution in [3.8, 4) is 0 Å². The number of hydrogen-bond donors (Lipinski definition) is 9. The maximum Gasteiger partial charge on any atom is 0.251 e. The fraction of sp³-hybridized carbons (Fsp3) is 0.967. The molecular weight excluding hydrogens is 550 g/mol. The standard InChI is InChI=1S/C30H59NO11/c1-2-3-4-5-6-7-8-9-10-11-12-13-14-15-16-17-18-31-29(40)27(38)25(36)23(34)21(33)20-41-30-28(39)26(37)24(35)22(19-32)42-30/h21-28,30,32-39H,2-20H2,1H3,(H,31,40)/t21-,22?,23-,24+,25+,26?,27-,28?,30+/m1/s1. The van der Waals surface area contributed by atoms with Gasteiger partial charge in [-0.2, -0.15) is 0 Å². The van der Waals surface area contributed by atoms with Gasteiger partial charge in [0.05, 0.1) is 13.2 Å². The summed E-state index contributed by atoms with van der Waals surface area (Å²) >= 11 is 0. The molecule has 1 fully saturated rings. The van der Waals surface area contributed by atoms with Gasteiger partial charge >= 0.3 is 0 Å². The van der Waals surface area contributed by atoms with Gasteiger partial charge in [0.15, 0.2) is 12.4 Å². The Kier molecular flexibility index (Phi) is 21.8. The summed E-state index contributed by atoms with van der Waals surface area (Å²) in [7, 11) is 0. The number of nitrogens with one attached hydrogen (secondary N) is 1. The molecule has 0 saturated carbocycles. The van der Waals surface area contributed by atoms with Crippen LogP contribution in [0, 0.1) is 0 Å². The zero-order valence-corrected chi connectivity index (χ0v) is 25.4.